The largest absolute Gasteiger partial charge is 0.493 e. The quantitative estimate of drug-likeness (QED) is 0.280. The van der Waals surface area contributed by atoms with Gasteiger partial charge in [0.2, 0.25) is 0 Å². The van der Waals surface area contributed by atoms with Gasteiger partial charge in [-0.1, -0.05) is 26.3 Å². The zero-order valence-electron chi connectivity index (χ0n) is 19.6. The second kappa shape index (κ2) is 13.6. The number of carbonyl (C=O) groups is 1. The smallest absolute Gasteiger partial charge is 0.257 e. The molecular formula is C23H39IN4O3. The first-order valence-electron chi connectivity index (χ1n) is 11.0. The van der Waals surface area contributed by atoms with Crippen LogP contribution in [0.5, 0.6) is 11.5 Å². The molecule has 1 unspecified atom stereocenters. The number of likely N-dealkylation sites (tertiary alicyclic amines) is 1. The maximum Gasteiger partial charge on any atom is 0.257 e. The first-order chi connectivity index (χ1) is 14.4. The van der Waals surface area contributed by atoms with Crippen LogP contribution >= 0.6 is 24.0 Å². The fraction of sp³-hybridized carbons (Fsp3) is 0.652. The molecule has 0 saturated carbocycles. The molecular weight excluding hydrogens is 507 g/mol. The monoisotopic (exact) mass is 546 g/mol. The van der Waals surface area contributed by atoms with Gasteiger partial charge in [-0.3, -0.25) is 9.79 Å². The fourth-order valence-corrected chi connectivity index (χ4v) is 4.15. The van der Waals surface area contributed by atoms with Gasteiger partial charge in [-0.15, -0.1) is 24.0 Å². The van der Waals surface area contributed by atoms with Crippen molar-refractivity contribution in [2.75, 3.05) is 40.4 Å². The number of benzene rings is 1. The van der Waals surface area contributed by atoms with Crippen LogP contribution in [0.3, 0.4) is 0 Å². The Morgan fingerprint density at radius 1 is 1.26 bits per heavy atom. The highest BCUT2D eigenvalue weighted by Crippen LogP contribution is 2.34. The maximum atomic E-state index is 11.6. The van der Waals surface area contributed by atoms with E-state index in [1.54, 1.807) is 7.11 Å². The summed E-state index contributed by atoms with van der Waals surface area (Å²) < 4.78 is 11.1. The van der Waals surface area contributed by atoms with Gasteiger partial charge in [0.1, 0.15) is 0 Å². The molecule has 1 atom stereocenters. The van der Waals surface area contributed by atoms with Gasteiger partial charge in [-0.05, 0) is 49.3 Å². The third kappa shape index (κ3) is 8.38. The van der Waals surface area contributed by atoms with Gasteiger partial charge in [0, 0.05) is 33.2 Å². The number of ether oxygens (including phenoxy) is 2. The Balaban J connectivity index is 0.00000480. The molecule has 0 spiro atoms. The van der Waals surface area contributed by atoms with Gasteiger partial charge in [-0.25, -0.2) is 0 Å². The van der Waals surface area contributed by atoms with Crippen LogP contribution in [0.15, 0.2) is 23.2 Å². The molecule has 1 aromatic rings. The van der Waals surface area contributed by atoms with E-state index in [-0.39, 0.29) is 36.5 Å². The Morgan fingerprint density at radius 2 is 2.03 bits per heavy atom. The molecule has 1 aromatic carbocycles. The van der Waals surface area contributed by atoms with Crippen molar-refractivity contribution in [3.8, 4) is 11.5 Å². The summed E-state index contributed by atoms with van der Waals surface area (Å²) in [7, 11) is 3.44. The Bertz CT molecular complexity index is 725. The molecule has 0 aromatic heterocycles. The lowest BCUT2D eigenvalue weighted by Gasteiger charge is -2.42. The summed E-state index contributed by atoms with van der Waals surface area (Å²) in [4.78, 5) is 18.5. The third-order valence-corrected chi connectivity index (χ3v) is 5.56. The molecule has 1 heterocycles. The number of guanidine groups is 1. The lowest BCUT2D eigenvalue weighted by Crippen LogP contribution is -2.49. The van der Waals surface area contributed by atoms with Crippen LogP contribution in [0.2, 0.25) is 0 Å². The number of amides is 1. The van der Waals surface area contributed by atoms with E-state index in [0.29, 0.717) is 30.0 Å². The maximum absolute atomic E-state index is 11.6. The molecule has 1 aliphatic rings. The van der Waals surface area contributed by atoms with Crippen LogP contribution in [0.25, 0.3) is 0 Å². The second-order valence-corrected chi connectivity index (χ2v) is 8.21. The highest BCUT2D eigenvalue weighted by atomic mass is 127. The molecule has 31 heavy (non-hydrogen) atoms. The number of nitrogens with one attached hydrogen (secondary N) is 2. The summed E-state index contributed by atoms with van der Waals surface area (Å²) in [6, 6.07) is 5.76. The zero-order valence-corrected chi connectivity index (χ0v) is 22.0. The predicted molar refractivity (Wildman–Crippen MR) is 137 cm³/mol. The number of piperidine rings is 1. The number of methoxy groups -OCH3 is 1. The number of halogens is 1. The van der Waals surface area contributed by atoms with Crippen molar-refractivity contribution in [1.29, 1.82) is 0 Å². The molecule has 1 saturated heterocycles. The Labute approximate surface area is 204 Å². The SMILES string of the molecule is CCCC1(C)CCCN(C(=NC)NCc2ccc(OCC(=O)NCC)c(OC)c2)C1.I. The van der Waals surface area contributed by atoms with E-state index in [1.165, 1.54) is 25.7 Å². The number of rotatable bonds is 9. The van der Waals surface area contributed by atoms with E-state index in [4.69, 9.17) is 9.47 Å². The van der Waals surface area contributed by atoms with Crippen molar-refractivity contribution in [2.24, 2.45) is 10.4 Å². The average Bonchev–Trinajstić information content (AvgIpc) is 2.73. The first-order valence-corrected chi connectivity index (χ1v) is 11.0. The Morgan fingerprint density at radius 3 is 2.68 bits per heavy atom. The number of likely N-dealkylation sites (N-methyl/N-ethyl adjacent to an activating group) is 1. The van der Waals surface area contributed by atoms with Crippen molar-refractivity contribution in [2.45, 2.75) is 53.0 Å². The van der Waals surface area contributed by atoms with E-state index >= 15 is 0 Å². The molecule has 8 heteroatoms. The normalized spacial score (nSPS) is 18.7. The van der Waals surface area contributed by atoms with E-state index in [9.17, 15) is 4.79 Å². The minimum atomic E-state index is -0.148. The molecule has 1 fully saturated rings. The number of carbonyl (C=O) groups excluding carboxylic acids is 1. The molecule has 1 amide bonds. The molecule has 7 nitrogen and oxygen atoms in total. The number of hydrogen-bond donors (Lipinski definition) is 2. The van der Waals surface area contributed by atoms with Crippen LogP contribution in [-0.2, 0) is 11.3 Å². The van der Waals surface area contributed by atoms with Crippen molar-refractivity contribution < 1.29 is 14.3 Å². The third-order valence-electron chi connectivity index (χ3n) is 5.56. The predicted octanol–water partition coefficient (Wildman–Crippen LogP) is 3.81. The van der Waals surface area contributed by atoms with Crippen molar-refractivity contribution in [1.82, 2.24) is 15.5 Å². The van der Waals surface area contributed by atoms with Crippen LogP contribution in [0.1, 0.15) is 52.0 Å². The minimum absolute atomic E-state index is 0. The highest BCUT2D eigenvalue weighted by molar-refractivity contribution is 14.0. The molecule has 2 rings (SSSR count). The molecule has 0 aliphatic carbocycles. The van der Waals surface area contributed by atoms with E-state index in [2.05, 4.69) is 34.4 Å². The van der Waals surface area contributed by atoms with Crippen LogP contribution < -0.4 is 20.1 Å². The molecule has 2 N–H and O–H groups in total. The average molecular weight is 546 g/mol. The molecule has 176 valence electrons. The Hall–Kier alpha value is -1.71. The second-order valence-electron chi connectivity index (χ2n) is 8.21. The van der Waals surface area contributed by atoms with Gasteiger partial charge >= 0.3 is 0 Å². The lowest BCUT2D eigenvalue weighted by atomic mass is 9.78. The fourth-order valence-electron chi connectivity index (χ4n) is 4.15. The van der Waals surface area contributed by atoms with E-state index < -0.39 is 0 Å². The molecule has 0 radical (unpaired) electrons. The summed E-state index contributed by atoms with van der Waals surface area (Å²) in [6.07, 6.45) is 4.94. The summed E-state index contributed by atoms with van der Waals surface area (Å²) in [6.45, 7) is 9.79. The van der Waals surface area contributed by atoms with E-state index in [0.717, 1.165) is 24.6 Å². The van der Waals surface area contributed by atoms with Crippen LogP contribution in [-0.4, -0.2) is 57.2 Å². The summed E-state index contributed by atoms with van der Waals surface area (Å²) >= 11 is 0. The summed E-state index contributed by atoms with van der Waals surface area (Å²) in [5.41, 5.74) is 1.42. The Kier molecular flexibility index (Phi) is 12.0. The molecule has 1 aliphatic heterocycles. The van der Waals surface area contributed by atoms with Gasteiger partial charge in [0.25, 0.3) is 5.91 Å². The van der Waals surface area contributed by atoms with Gasteiger partial charge < -0.3 is 25.0 Å². The van der Waals surface area contributed by atoms with Gasteiger partial charge in [0.15, 0.2) is 24.1 Å². The highest BCUT2D eigenvalue weighted by Gasteiger charge is 2.31. The van der Waals surface area contributed by atoms with Gasteiger partial charge in [0.05, 0.1) is 7.11 Å². The first kappa shape index (κ1) is 27.3. The number of aliphatic imine (C=N–C) groups is 1. The van der Waals surface area contributed by atoms with Crippen LogP contribution in [0, 0.1) is 5.41 Å². The summed E-state index contributed by atoms with van der Waals surface area (Å²) in [5.74, 6) is 1.96. The molecule has 0 bridgehead atoms. The van der Waals surface area contributed by atoms with Gasteiger partial charge in [-0.2, -0.15) is 0 Å². The van der Waals surface area contributed by atoms with Crippen molar-refractivity contribution in [3.05, 3.63) is 23.8 Å². The standard InChI is InChI=1S/C23H38N4O3.HI/c1-6-11-23(3)12-8-13-27(17-23)22(24-4)26-15-18-9-10-19(20(14-18)29-5)30-16-21(28)25-7-2;/h9-10,14H,6-8,11-13,15-17H2,1-5H3,(H,24,26)(H,25,28);1H. The topological polar surface area (TPSA) is 75.2 Å². The van der Waals surface area contributed by atoms with Crippen molar-refractivity contribution in [3.63, 3.8) is 0 Å². The lowest BCUT2D eigenvalue weighted by molar-refractivity contribution is -0.123. The van der Waals surface area contributed by atoms with Crippen molar-refractivity contribution >= 4 is 35.8 Å². The van der Waals surface area contributed by atoms with Crippen LogP contribution in [0.4, 0.5) is 0 Å². The number of hydrogen-bond acceptors (Lipinski definition) is 4. The zero-order chi connectivity index (χ0) is 22.0. The van der Waals surface area contributed by atoms with E-state index in [1.807, 2.05) is 32.2 Å². The number of nitrogens with zero attached hydrogens (tertiary/aromatic N) is 2. The minimum Gasteiger partial charge on any atom is -0.493 e. The summed E-state index contributed by atoms with van der Waals surface area (Å²) in [5, 5.41) is 6.20.